The topological polar surface area (TPSA) is 41.9 Å². The van der Waals surface area contributed by atoms with Gasteiger partial charge < -0.3 is 15.2 Å². The SMILES string of the molecule is CC(CNC1CC1)NCc1cn(C)cn1. The molecule has 0 amide bonds. The Morgan fingerprint density at radius 2 is 2.40 bits per heavy atom. The average molecular weight is 208 g/mol. The largest absolute Gasteiger partial charge is 0.340 e. The molecule has 1 aromatic rings. The van der Waals surface area contributed by atoms with E-state index < -0.39 is 0 Å². The Kier molecular flexibility index (Phi) is 3.38. The Morgan fingerprint density at radius 3 is 3.00 bits per heavy atom. The number of hydrogen-bond acceptors (Lipinski definition) is 3. The van der Waals surface area contributed by atoms with Crippen molar-refractivity contribution in [3.63, 3.8) is 0 Å². The summed E-state index contributed by atoms with van der Waals surface area (Å²) in [6, 6.07) is 1.30. The Bertz CT molecular complexity index is 303. The van der Waals surface area contributed by atoms with Crippen LogP contribution in [0.5, 0.6) is 0 Å². The number of aryl methyl sites for hydroxylation is 1. The van der Waals surface area contributed by atoms with Crippen molar-refractivity contribution in [2.75, 3.05) is 6.54 Å². The van der Waals surface area contributed by atoms with Crippen LogP contribution in [0, 0.1) is 0 Å². The molecule has 1 unspecified atom stereocenters. The molecule has 1 aliphatic rings. The van der Waals surface area contributed by atoms with Crippen molar-refractivity contribution >= 4 is 0 Å². The highest BCUT2D eigenvalue weighted by atomic mass is 15.0. The maximum absolute atomic E-state index is 4.28. The molecule has 2 rings (SSSR count). The molecule has 1 heterocycles. The van der Waals surface area contributed by atoms with Crippen LogP contribution in [0.25, 0.3) is 0 Å². The quantitative estimate of drug-likeness (QED) is 0.721. The fourth-order valence-electron chi connectivity index (χ4n) is 1.54. The zero-order chi connectivity index (χ0) is 10.7. The van der Waals surface area contributed by atoms with Gasteiger partial charge in [-0.1, -0.05) is 0 Å². The van der Waals surface area contributed by atoms with E-state index in [9.17, 15) is 0 Å². The van der Waals surface area contributed by atoms with E-state index in [0.29, 0.717) is 6.04 Å². The summed E-state index contributed by atoms with van der Waals surface area (Å²) in [5.74, 6) is 0. The minimum Gasteiger partial charge on any atom is -0.340 e. The van der Waals surface area contributed by atoms with Crippen molar-refractivity contribution in [1.82, 2.24) is 20.2 Å². The summed E-state index contributed by atoms with van der Waals surface area (Å²) >= 11 is 0. The van der Waals surface area contributed by atoms with Gasteiger partial charge in [-0.15, -0.1) is 0 Å². The first-order valence-electron chi connectivity index (χ1n) is 5.67. The molecule has 15 heavy (non-hydrogen) atoms. The van der Waals surface area contributed by atoms with E-state index in [0.717, 1.165) is 24.8 Å². The van der Waals surface area contributed by atoms with Crippen molar-refractivity contribution in [2.45, 2.75) is 38.4 Å². The van der Waals surface area contributed by atoms with Crippen LogP contribution in [-0.2, 0) is 13.6 Å². The lowest BCUT2D eigenvalue weighted by Gasteiger charge is -2.13. The standard InChI is InChI=1S/C11H20N4/c1-9(5-13-10-3-4-10)12-6-11-7-15(2)8-14-11/h7-10,12-13H,3-6H2,1-2H3. The van der Waals surface area contributed by atoms with E-state index in [2.05, 4.69) is 22.5 Å². The van der Waals surface area contributed by atoms with Crippen LogP contribution in [-0.4, -0.2) is 28.2 Å². The summed E-state index contributed by atoms with van der Waals surface area (Å²) in [5.41, 5.74) is 1.11. The fraction of sp³-hybridized carbons (Fsp3) is 0.727. The summed E-state index contributed by atoms with van der Waals surface area (Å²) in [5, 5.41) is 6.97. The smallest absolute Gasteiger partial charge is 0.0947 e. The number of nitrogens with zero attached hydrogens (tertiary/aromatic N) is 2. The molecular formula is C11H20N4. The van der Waals surface area contributed by atoms with E-state index >= 15 is 0 Å². The Hall–Kier alpha value is -0.870. The molecule has 4 nitrogen and oxygen atoms in total. The highest BCUT2D eigenvalue weighted by Gasteiger charge is 2.20. The number of hydrogen-bond donors (Lipinski definition) is 2. The highest BCUT2D eigenvalue weighted by Crippen LogP contribution is 2.18. The van der Waals surface area contributed by atoms with Crippen LogP contribution >= 0.6 is 0 Å². The van der Waals surface area contributed by atoms with E-state index in [-0.39, 0.29) is 0 Å². The molecule has 0 saturated heterocycles. The number of aromatic nitrogens is 2. The van der Waals surface area contributed by atoms with Gasteiger partial charge in [-0.2, -0.15) is 0 Å². The molecule has 2 N–H and O–H groups in total. The van der Waals surface area contributed by atoms with Crippen LogP contribution in [0.1, 0.15) is 25.5 Å². The van der Waals surface area contributed by atoms with Crippen molar-refractivity contribution in [3.05, 3.63) is 18.2 Å². The van der Waals surface area contributed by atoms with Crippen molar-refractivity contribution in [3.8, 4) is 0 Å². The zero-order valence-electron chi connectivity index (χ0n) is 9.53. The van der Waals surface area contributed by atoms with Gasteiger partial charge in [-0.05, 0) is 19.8 Å². The molecular weight excluding hydrogens is 188 g/mol. The van der Waals surface area contributed by atoms with Crippen LogP contribution in [0.2, 0.25) is 0 Å². The minimum absolute atomic E-state index is 0.507. The van der Waals surface area contributed by atoms with Gasteiger partial charge in [0.1, 0.15) is 0 Å². The highest BCUT2D eigenvalue weighted by molar-refractivity contribution is 4.95. The van der Waals surface area contributed by atoms with E-state index in [1.165, 1.54) is 12.8 Å². The van der Waals surface area contributed by atoms with Gasteiger partial charge in [-0.3, -0.25) is 0 Å². The molecule has 0 radical (unpaired) electrons. The lowest BCUT2D eigenvalue weighted by molar-refractivity contribution is 0.497. The van der Waals surface area contributed by atoms with Crippen molar-refractivity contribution in [2.24, 2.45) is 7.05 Å². The van der Waals surface area contributed by atoms with Crippen LogP contribution in [0.15, 0.2) is 12.5 Å². The molecule has 1 fully saturated rings. The maximum atomic E-state index is 4.28. The van der Waals surface area contributed by atoms with E-state index in [1.54, 1.807) is 0 Å². The molecule has 1 atom stereocenters. The van der Waals surface area contributed by atoms with Crippen LogP contribution in [0.4, 0.5) is 0 Å². The third kappa shape index (κ3) is 3.64. The fourth-order valence-corrected chi connectivity index (χ4v) is 1.54. The summed E-state index contributed by atoms with van der Waals surface area (Å²) in [6.07, 6.45) is 6.60. The number of imidazole rings is 1. The first kappa shape index (κ1) is 10.6. The maximum Gasteiger partial charge on any atom is 0.0947 e. The molecule has 4 heteroatoms. The zero-order valence-corrected chi connectivity index (χ0v) is 9.53. The predicted octanol–water partition coefficient (Wildman–Crippen LogP) is 0.650. The third-order valence-electron chi connectivity index (χ3n) is 2.68. The number of nitrogens with one attached hydrogen (secondary N) is 2. The normalized spacial score (nSPS) is 18.0. The summed E-state index contributed by atoms with van der Waals surface area (Å²) in [6.45, 7) is 4.12. The monoisotopic (exact) mass is 208 g/mol. The molecule has 0 bridgehead atoms. The second kappa shape index (κ2) is 4.77. The van der Waals surface area contributed by atoms with Crippen LogP contribution in [0.3, 0.4) is 0 Å². The molecule has 1 saturated carbocycles. The molecule has 84 valence electrons. The summed E-state index contributed by atoms with van der Waals surface area (Å²) in [4.78, 5) is 4.28. The van der Waals surface area contributed by atoms with Crippen molar-refractivity contribution in [1.29, 1.82) is 0 Å². The predicted molar refractivity (Wildman–Crippen MR) is 60.5 cm³/mol. The molecule has 0 spiro atoms. The van der Waals surface area contributed by atoms with Gasteiger partial charge in [-0.25, -0.2) is 4.98 Å². The molecule has 1 aromatic heterocycles. The lowest BCUT2D eigenvalue weighted by atomic mass is 10.3. The van der Waals surface area contributed by atoms with Crippen molar-refractivity contribution < 1.29 is 0 Å². The van der Waals surface area contributed by atoms with Crippen LogP contribution < -0.4 is 10.6 Å². The lowest BCUT2D eigenvalue weighted by Crippen LogP contribution is -2.36. The Labute approximate surface area is 91.1 Å². The summed E-state index contributed by atoms with van der Waals surface area (Å²) in [7, 11) is 1.99. The molecule has 0 aromatic carbocycles. The molecule has 1 aliphatic carbocycles. The van der Waals surface area contributed by atoms with Gasteiger partial charge in [0.15, 0.2) is 0 Å². The molecule has 0 aliphatic heterocycles. The van der Waals surface area contributed by atoms with Gasteiger partial charge in [0, 0.05) is 38.4 Å². The van der Waals surface area contributed by atoms with Gasteiger partial charge in [0.25, 0.3) is 0 Å². The number of rotatable bonds is 6. The first-order valence-corrected chi connectivity index (χ1v) is 5.67. The Morgan fingerprint density at radius 1 is 1.60 bits per heavy atom. The van der Waals surface area contributed by atoms with E-state index in [4.69, 9.17) is 0 Å². The minimum atomic E-state index is 0.507. The van der Waals surface area contributed by atoms with E-state index in [1.807, 2.05) is 24.1 Å². The third-order valence-corrected chi connectivity index (χ3v) is 2.68. The second-order valence-corrected chi connectivity index (χ2v) is 4.49. The van der Waals surface area contributed by atoms with Gasteiger partial charge in [0.05, 0.1) is 12.0 Å². The second-order valence-electron chi connectivity index (χ2n) is 4.49. The van der Waals surface area contributed by atoms with Gasteiger partial charge in [0.2, 0.25) is 0 Å². The van der Waals surface area contributed by atoms with Gasteiger partial charge >= 0.3 is 0 Å². The summed E-state index contributed by atoms with van der Waals surface area (Å²) < 4.78 is 1.98. The first-order chi connectivity index (χ1) is 7.24. The average Bonchev–Trinajstić information content (AvgIpc) is 2.95. The Balaban J connectivity index is 1.63.